The number of aromatic nitrogens is 1. The van der Waals surface area contributed by atoms with Crippen LogP contribution < -0.4 is 21.4 Å². The van der Waals surface area contributed by atoms with E-state index in [9.17, 15) is 4.79 Å². The largest absolute Gasteiger partial charge is 0.453 e. The van der Waals surface area contributed by atoms with E-state index in [-0.39, 0.29) is 11.5 Å². The van der Waals surface area contributed by atoms with Gasteiger partial charge in [-0.15, -0.1) is 0 Å². The second-order valence-corrected chi connectivity index (χ2v) is 10.6. The van der Waals surface area contributed by atoms with Crippen molar-refractivity contribution >= 4 is 64.5 Å². The van der Waals surface area contributed by atoms with Crippen LogP contribution in [-0.2, 0) is 13.1 Å². The average Bonchev–Trinajstić information content (AvgIpc) is 3.21. The fraction of sp³-hybridized carbons (Fsp3) is 0.240. The molecular weight excluding hydrogens is 628 g/mol. The van der Waals surface area contributed by atoms with Gasteiger partial charge in [0.1, 0.15) is 11.6 Å². The molecule has 4 N–H and O–H groups in total. The topological polar surface area (TPSA) is 82.1 Å². The second-order valence-electron chi connectivity index (χ2n) is 8.00. The minimum Gasteiger partial charge on any atom is -0.453 e. The van der Waals surface area contributed by atoms with Gasteiger partial charge in [-0.05, 0) is 70.4 Å². The van der Waals surface area contributed by atoms with Crippen molar-refractivity contribution in [3.05, 3.63) is 95.8 Å². The Morgan fingerprint density at radius 2 is 1.74 bits per heavy atom. The molecule has 2 aromatic carbocycles. The third kappa shape index (κ3) is 7.29. The summed E-state index contributed by atoms with van der Waals surface area (Å²) in [6.07, 6.45) is 0.860. The van der Waals surface area contributed by atoms with Crippen LogP contribution >= 0.6 is 47.8 Å². The molecule has 0 saturated carbocycles. The molecule has 0 saturated heterocycles. The van der Waals surface area contributed by atoms with E-state index in [1.54, 1.807) is 6.07 Å². The predicted octanol–water partition coefficient (Wildman–Crippen LogP) is 6.16. The van der Waals surface area contributed by atoms with Gasteiger partial charge in [0, 0.05) is 46.1 Å². The number of hydrogen-bond donors (Lipinski definition) is 4. The zero-order chi connectivity index (χ0) is 23.9. The molecule has 1 unspecified atom stereocenters. The van der Waals surface area contributed by atoms with Crippen molar-refractivity contribution in [1.29, 1.82) is 0 Å². The Bertz CT molecular complexity index is 1280. The summed E-state index contributed by atoms with van der Waals surface area (Å²) >= 11 is 10.5. The first-order valence-corrected chi connectivity index (χ1v) is 13.3. The first-order chi connectivity index (χ1) is 16.5. The maximum absolute atomic E-state index is 12.4. The van der Waals surface area contributed by atoms with Crippen molar-refractivity contribution in [2.24, 2.45) is 0 Å². The monoisotopic (exact) mass is 650 g/mol. The van der Waals surface area contributed by atoms with E-state index < -0.39 is 0 Å². The molecule has 4 rings (SSSR count). The van der Waals surface area contributed by atoms with Gasteiger partial charge < -0.3 is 25.4 Å². The molecule has 0 aliphatic rings. The SMILES string of the molecule is O=c1cc(NCCC(CNCc2ccc(Br)o2)NCc2cc(Br)cc(Br)c2)[nH]c2ccccc12. The van der Waals surface area contributed by atoms with E-state index in [0.717, 1.165) is 50.2 Å². The zero-order valence-electron chi connectivity index (χ0n) is 18.3. The molecule has 0 spiro atoms. The number of fused-ring (bicyclic) bond motifs is 1. The fourth-order valence-electron chi connectivity index (χ4n) is 3.74. The van der Waals surface area contributed by atoms with E-state index in [1.807, 2.05) is 42.5 Å². The van der Waals surface area contributed by atoms with Gasteiger partial charge in [0.25, 0.3) is 0 Å². The molecule has 2 aromatic heterocycles. The molecule has 0 radical (unpaired) electrons. The highest BCUT2D eigenvalue weighted by atomic mass is 79.9. The van der Waals surface area contributed by atoms with E-state index in [4.69, 9.17) is 4.42 Å². The molecule has 2 heterocycles. The van der Waals surface area contributed by atoms with Crippen molar-refractivity contribution in [2.45, 2.75) is 25.6 Å². The van der Waals surface area contributed by atoms with E-state index in [2.05, 4.69) is 80.9 Å². The van der Waals surface area contributed by atoms with Crippen LogP contribution in [0.25, 0.3) is 10.9 Å². The van der Waals surface area contributed by atoms with Crippen LogP contribution in [0.2, 0.25) is 0 Å². The molecule has 0 aliphatic heterocycles. The van der Waals surface area contributed by atoms with Gasteiger partial charge in [0.15, 0.2) is 10.1 Å². The van der Waals surface area contributed by atoms with Crippen LogP contribution in [-0.4, -0.2) is 24.1 Å². The van der Waals surface area contributed by atoms with Gasteiger partial charge in [0.05, 0.1) is 12.1 Å². The van der Waals surface area contributed by atoms with Crippen molar-refractivity contribution in [3.8, 4) is 0 Å². The maximum Gasteiger partial charge on any atom is 0.191 e. The summed E-state index contributed by atoms with van der Waals surface area (Å²) in [5, 5.41) is 11.2. The summed E-state index contributed by atoms with van der Waals surface area (Å²) in [4.78, 5) is 15.7. The zero-order valence-corrected chi connectivity index (χ0v) is 23.1. The molecule has 0 fully saturated rings. The second kappa shape index (κ2) is 12.2. The fourth-order valence-corrected chi connectivity index (χ4v) is 5.47. The first kappa shape index (κ1) is 25.2. The van der Waals surface area contributed by atoms with Gasteiger partial charge in [-0.1, -0.05) is 44.0 Å². The molecular formula is C25H25Br3N4O2. The summed E-state index contributed by atoms with van der Waals surface area (Å²) in [6.45, 7) is 2.87. The molecule has 0 bridgehead atoms. The van der Waals surface area contributed by atoms with Crippen molar-refractivity contribution in [1.82, 2.24) is 15.6 Å². The molecule has 4 aromatic rings. The quantitative estimate of drug-likeness (QED) is 0.156. The van der Waals surface area contributed by atoms with Gasteiger partial charge in [0.2, 0.25) is 0 Å². The van der Waals surface area contributed by atoms with Gasteiger partial charge in [-0.2, -0.15) is 0 Å². The number of rotatable bonds is 11. The first-order valence-electron chi connectivity index (χ1n) is 11.0. The van der Waals surface area contributed by atoms with E-state index in [0.29, 0.717) is 18.5 Å². The molecule has 1 atom stereocenters. The molecule has 6 nitrogen and oxygen atoms in total. The lowest BCUT2D eigenvalue weighted by molar-refractivity contribution is 0.423. The van der Waals surface area contributed by atoms with Crippen LogP contribution in [0.4, 0.5) is 5.82 Å². The third-order valence-corrected chi connectivity index (χ3v) is 6.72. The van der Waals surface area contributed by atoms with Crippen LogP contribution in [0.5, 0.6) is 0 Å². The van der Waals surface area contributed by atoms with Crippen LogP contribution in [0.15, 0.2) is 83.5 Å². The maximum atomic E-state index is 12.4. The van der Waals surface area contributed by atoms with E-state index in [1.165, 1.54) is 5.56 Å². The lowest BCUT2D eigenvalue weighted by Gasteiger charge is -2.20. The molecule has 34 heavy (non-hydrogen) atoms. The Morgan fingerprint density at radius 1 is 0.941 bits per heavy atom. The highest BCUT2D eigenvalue weighted by Crippen LogP contribution is 2.20. The molecule has 9 heteroatoms. The Hall–Kier alpha value is -1.91. The molecule has 178 valence electrons. The standard InChI is InChI=1S/C25H25Br3N4O2/c26-17-9-16(10-18(27)11-17)13-31-19(14-29-15-20-5-6-24(28)34-20)7-8-30-25-12-23(33)21-3-1-2-4-22(21)32-25/h1-6,9-12,19,29,31H,7-8,13-15H2,(H2,30,32,33). The predicted molar refractivity (Wildman–Crippen MR) is 148 cm³/mol. The highest BCUT2D eigenvalue weighted by molar-refractivity contribution is 9.11. The van der Waals surface area contributed by atoms with Crippen LogP contribution in [0.3, 0.4) is 0 Å². The number of H-pyrrole nitrogens is 1. The highest BCUT2D eigenvalue weighted by Gasteiger charge is 2.10. The minimum absolute atomic E-state index is 0.0121. The third-order valence-electron chi connectivity index (χ3n) is 5.38. The number of hydrogen-bond acceptors (Lipinski definition) is 5. The van der Waals surface area contributed by atoms with Crippen molar-refractivity contribution < 1.29 is 4.42 Å². The number of para-hydroxylation sites is 1. The lowest BCUT2D eigenvalue weighted by Crippen LogP contribution is -2.39. The summed E-state index contributed by atoms with van der Waals surface area (Å²) in [5.74, 6) is 1.61. The number of aromatic amines is 1. The smallest absolute Gasteiger partial charge is 0.191 e. The van der Waals surface area contributed by atoms with Crippen LogP contribution in [0.1, 0.15) is 17.7 Å². The Balaban J connectivity index is 1.36. The van der Waals surface area contributed by atoms with Crippen molar-refractivity contribution in [2.75, 3.05) is 18.4 Å². The average molecular weight is 653 g/mol. The normalized spacial score (nSPS) is 12.2. The van der Waals surface area contributed by atoms with E-state index >= 15 is 0 Å². The van der Waals surface area contributed by atoms with Crippen molar-refractivity contribution in [3.63, 3.8) is 0 Å². The number of pyridine rings is 1. The summed E-state index contributed by atoms with van der Waals surface area (Å²) in [5.41, 5.74) is 2.03. The van der Waals surface area contributed by atoms with Gasteiger partial charge in [-0.3, -0.25) is 4.79 Å². The number of nitrogens with one attached hydrogen (secondary N) is 4. The lowest BCUT2D eigenvalue weighted by atomic mass is 10.1. The summed E-state index contributed by atoms with van der Waals surface area (Å²) in [7, 11) is 0. The Morgan fingerprint density at radius 3 is 2.50 bits per heavy atom. The minimum atomic E-state index is 0.0121. The van der Waals surface area contributed by atoms with Gasteiger partial charge in [-0.25, -0.2) is 0 Å². The summed E-state index contributed by atoms with van der Waals surface area (Å²) < 4.78 is 8.39. The number of halogens is 3. The number of furan rings is 1. The van der Waals surface area contributed by atoms with Crippen LogP contribution in [0, 0.1) is 0 Å². The number of benzene rings is 2. The molecule has 0 amide bonds. The van der Waals surface area contributed by atoms with Gasteiger partial charge >= 0.3 is 0 Å². The summed E-state index contributed by atoms with van der Waals surface area (Å²) in [6, 6.07) is 19.5. The molecule has 0 aliphatic carbocycles. The number of anilines is 1. The Kier molecular flexibility index (Phi) is 9.02. The Labute approximate surface area is 223 Å².